The minimum atomic E-state index is -0.881. The second kappa shape index (κ2) is 6.65. The molecule has 4 rings (SSSR count). The van der Waals surface area contributed by atoms with Crippen molar-refractivity contribution in [3.63, 3.8) is 0 Å². The minimum absolute atomic E-state index is 0.211. The minimum Gasteiger partial charge on any atom is -0.465 e. The molecular weight excluding hydrogens is 354 g/mol. The highest BCUT2D eigenvalue weighted by molar-refractivity contribution is 7.16. The van der Waals surface area contributed by atoms with E-state index in [1.54, 1.807) is 18.2 Å². The smallest absolute Gasteiger partial charge is 0.338 e. The topological polar surface area (TPSA) is 26.3 Å². The van der Waals surface area contributed by atoms with Crippen LogP contribution in [-0.4, -0.2) is 13.1 Å². The summed E-state index contributed by atoms with van der Waals surface area (Å²) in [5.74, 6) is -1.74. The molecule has 0 saturated heterocycles. The van der Waals surface area contributed by atoms with Crippen molar-refractivity contribution < 1.29 is 18.3 Å². The van der Waals surface area contributed by atoms with Crippen LogP contribution < -0.4 is 0 Å². The van der Waals surface area contributed by atoms with E-state index in [0.717, 1.165) is 28.7 Å². The van der Waals surface area contributed by atoms with Crippen molar-refractivity contribution in [2.45, 2.75) is 18.8 Å². The second-order valence-electron chi connectivity index (χ2n) is 6.30. The van der Waals surface area contributed by atoms with Crippen LogP contribution in [0.3, 0.4) is 0 Å². The molecule has 0 aliphatic heterocycles. The van der Waals surface area contributed by atoms with E-state index in [4.69, 9.17) is 4.74 Å². The standard InChI is InChI=1S/C21H16F2O2S/c1-25-21(24)15-6-3-2-5-14(15)20-16(11-18(26-20)12-9-10-12)13-7-4-8-17(22)19(13)23/h2-8,11-12H,9-10H2,1H3. The molecule has 2 nitrogen and oxygen atoms in total. The van der Waals surface area contributed by atoms with E-state index >= 15 is 0 Å². The lowest BCUT2D eigenvalue weighted by molar-refractivity contribution is 0.0601. The third kappa shape index (κ3) is 2.92. The molecule has 1 aromatic heterocycles. The summed E-state index contributed by atoms with van der Waals surface area (Å²) in [7, 11) is 1.33. The zero-order chi connectivity index (χ0) is 18.3. The number of methoxy groups -OCH3 is 1. The first-order chi connectivity index (χ1) is 12.6. The quantitative estimate of drug-likeness (QED) is 0.525. The molecule has 0 N–H and O–H groups in total. The van der Waals surface area contributed by atoms with Crippen LogP contribution >= 0.6 is 11.3 Å². The van der Waals surface area contributed by atoms with Gasteiger partial charge in [0.25, 0.3) is 0 Å². The molecule has 5 heteroatoms. The van der Waals surface area contributed by atoms with E-state index in [0.29, 0.717) is 22.6 Å². The molecular formula is C21H16F2O2S. The van der Waals surface area contributed by atoms with E-state index in [2.05, 4.69) is 0 Å². The van der Waals surface area contributed by atoms with Crippen molar-refractivity contribution in [3.8, 4) is 21.6 Å². The maximum Gasteiger partial charge on any atom is 0.338 e. The molecule has 1 aliphatic rings. The molecule has 1 fully saturated rings. The average molecular weight is 370 g/mol. The average Bonchev–Trinajstić information content (AvgIpc) is 3.42. The Kier molecular flexibility index (Phi) is 4.32. The van der Waals surface area contributed by atoms with Gasteiger partial charge in [-0.05, 0) is 37.0 Å². The number of halogens is 2. The molecule has 0 spiro atoms. The first-order valence-corrected chi connectivity index (χ1v) is 9.17. The molecule has 1 heterocycles. The summed E-state index contributed by atoms with van der Waals surface area (Å²) in [6.45, 7) is 0. The lowest BCUT2D eigenvalue weighted by atomic mass is 9.98. The van der Waals surface area contributed by atoms with Gasteiger partial charge in [-0.3, -0.25) is 0 Å². The molecule has 0 bridgehead atoms. The van der Waals surface area contributed by atoms with Crippen molar-refractivity contribution in [3.05, 3.63) is 70.6 Å². The van der Waals surface area contributed by atoms with Gasteiger partial charge in [-0.1, -0.05) is 30.3 Å². The van der Waals surface area contributed by atoms with Gasteiger partial charge in [0.05, 0.1) is 12.7 Å². The fourth-order valence-corrected chi connectivity index (χ4v) is 4.44. The molecule has 0 radical (unpaired) electrons. The second-order valence-corrected chi connectivity index (χ2v) is 7.39. The van der Waals surface area contributed by atoms with Crippen LogP contribution in [0.2, 0.25) is 0 Å². The van der Waals surface area contributed by atoms with Crippen LogP contribution in [0, 0.1) is 11.6 Å². The summed E-state index contributed by atoms with van der Waals surface area (Å²) in [6, 6.07) is 13.2. The molecule has 132 valence electrons. The third-order valence-electron chi connectivity index (χ3n) is 4.55. The fraction of sp³-hybridized carbons (Fsp3) is 0.190. The Morgan fingerprint density at radius 2 is 1.77 bits per heavy atom. The van der Waals surface area contributed by atoms with Crippen LogP contribution in [0.1, 0.15) is 34.0 Å². The summed E-state index contributed by atoms with van der Waals surface area (Å²) in [4.78, 5) is 14.1. The molecule has 0 amide bonds. The van der Waals surface area contributed by atoms with Gasteiger partial charge in [0.1, 0.15) is 0 Å². The Bertz CT molecular complexity index is 989. The van der Waals surface area contributed by atoms with Crippen molar-refractivity contribution >= 4 is 17.3 Å². The highest BCUT2D eigenvalue weighted by Gasteiger charge is 2.29. The molecule has 0 atom stereocenters. The highest BCUT2D eigenvalue weighted by atomic mass is 32.1. The van der Waals surface area contributed by atoms with E-state index in [-0.39, 0.29) is 5.56 Å². The zero-order valence-corrected chi connectivity index (χ0v) is 14.9. The number of carbonyl (C=O) groups excluding carboxylic acids is 1. The normalized spacial score (nSPS) is 13.7. The molecule has 1 aliphatic carbocycles. The number of esters is 1. The predicted octanol–water partition coefficient (Wildman–Crippen LogP) is 6.02. The Morgan fingerprint density at radius 3 is 2.50 bits per heavy atom. The predicted molar refractivity (Wildman–Crippen MR) is 98.4 cm³/mol. The summed E-state index contributed by atoms with van der Waals surface area (Å²) >= 11 is 1.54. The number of ether oxygens (including phenoxy) is 1. The van der Waals surface area contributed by atoms with Gasteiger partial charge >= 0.3 is 5.97 Å². The lowest BCUT2D eigenvalue weighted by Gasteiger charge is -2.10. The van der Waals surface area contributed by atoms with Gasteiger partial charge in [0.15, 0.2) is 11.6 Å². The molecule has 3 aromatic rings. The molecule has 26 heavy (non-hydrogen) atoms. The van der Waals surface area contributed by atoms with Gasteiger partial charge in [-0.2, -0.15) is 0 Å². The number of benzene rings is 2. The Labute approximate surface area is 154 Å². The van der Waals surface area contributed by atoms with Gasteiger partial charge in [0.2, 0.25) is 0 Å². The number of rotatable bonds is 4. The maximum absolute atomic E-state index is 14.5. The fourth-order valence-electron chi connectivity index (χ4n) is 3.06. The van der Waals surface area contributed by atoms with Gasteiger partial charge in [0, 0.05) is 26.4 Å². The van der Waals surface area contributed by atoms with Crippen molar-refractivity contribution in [1.29, 1.82) is 0 Å². The van der Waals surface area contributed by atoms with Gasteiger partial charge in [-0.15, -0.1) is 11.3 Å². The van der Waals surface area contributed by atoms with E-state index < -0.39 is 17.6 Å². The van der Waals surface area contributed by atoms with E-state index in [1.165, 1.54) is 24.5 Å². The SMILES string of the molecule is COC(=O)c1ccccc1-c1sc(C2CC2)cc1-c1cccc(F)c1F. The van der Waals surface area contributed by atoms with Crippen LogP contribution in [0.5, 0.6) is 0 Å². The van der Waals surface area contributed by atoms with E-state index in [9.17, 15) is 13.6 Å². The number of hydrogen-bond acceptors (Lipinski definition) is 3. The molecule has 0 unspecified atom stereocenters. The van der Waals surface area contributed by atoms with Crippen molar-refractivity contribution in [1.82, 2.24) is 0 Å². The molecule has 2 aromatic carbocycles. The Balaban J connectivity index is 1.95. The van der Waals surface area contributed by atoms with Crippen molar-refractivity contribution in [2.75, 3.05) is 7.11 Å². The van der Waals surface area contributed by atoms with E-state index in [1.807, 2.05) is 18.2 Å². The summed E-state index contributed by atoms with van der Waals surface area (Å²) in [6.07, 6.45) is 2.20. The third-order valence-corrected chi connectivity index (χ3v) is 5.88. The summed E-state index contributed by atoms with van der Waals surface area (Å²) in [5.41, 5.74) is 1.92. The van der Waals surface area contributed by atoms with Crippen LogP contribution in [0.15, 0.2) is 48.5 Å². The first-order valence-electron chi connectivity index (χ1n) is 8.36. The largest absolute Gasteiger partial charge is 0.465 e. The lowest BCUT2D eigenvalue weighted by Crippen LogP contribution is -2.03. The zero-order valence-electron chi connectivity index (χ0n) is 14.1. The van der Waals surface area contributed by atoms with Crippen LogP contribution in [0.25, 0.3) is 21.6 Å². The Morgan fingerprint density at radius 1 is 1.04 bits per heavy atom. The summed E-state index contributed by atoms with van der Waals surface area (Å²) < 4.78 is 33.2. The van der Waals surface area contributed by atoms with Crippen LogP contribution in [0.4, 0.5) is 8.78 Å². The van der Waals surface area contributed by atoms with Gasteiger partial charge < -0.3 is 4.74 Å². The number of carbonyl (C=O) groups is 1. The molecule has 1 saturated carbocycles. The maximum atomic E-state index is 14.5. The highest BCUT2D eigenvalue weighted by Crippen LogP contribution is 2.50. The number of hydrogen-bond donors (Lipinski definition) is 0. The van der Waals surface area contributed by atoms with Crippen molar-refractivity contribution in [2.24, 2.45) is 0 Å². The number of thiophene rings is 1. The summed E-state index contributed by atoms with van der Waals surface area (Å²) in [5, 5.41) is 0. The van der Waals surface area contributed by atoms with Crippen LogP contribution in [-0.2, 0) is 4.74 Å². The van der Waals surface area contributed by atoms with Gasteiger partial charge in [-0.25, -0.2) is 13.6 Å². The Hall–Kier alpha value is -2.53. The first kappa shape index (κ1) is 16.9. The monoisotopic (exact) mass is 370 g/mol.